The third-order valence-corrected chi connectivity index (χ3v) is 4.86. The summed E-state index contributed by atoms with van der Waals surface area (Å²) in [5.74, 6) is 1.04. The average Bonchev–Trinajstić information content (AvgIpc) is 3.12. The highest BCUT2D eigenvalue weighted by Gasteiger charge is 2.34. The number of anilines is 4. The number of allylic oxidation sites excluding steroid dienone is 1. The Morgan fingerprint density at radius 3 is 2.62 bits per heavy atom. The summed E-state index contributed by atoms with van der Waals surface area (Å²) in [5.41, 5.74) is 0.835. The third-order valence-electron chi connectivity index (χ3n) is 4.86. The zero-order valence-electron chi connectivity index (χ0n) is 17.0. The van der Waals surface area contributed by atoms with Crippen molar-refractivity contribution in [2.24, 2.45) is 0 Å². The van der Waals surface area contributed by atoms with E-state index in [0.717, 1.165) is 11.8 Å². The van der Waals surface area contributed by atoms with Gasteiger partial charge in [-0.2, -0.15) is 13.2 Å². The smallest absolute Gasteiger partial charge is 0.419 e. The van der Waals surface area contributed by atoms with Gasteiger partial charge in [-0.25, -0.2) is 4.98 Å². The number of hydrogen-bond acceptors (Lipinski definition) is 5. The summed E-state index contributed by atoms with van der Waals surface area (Å²) in [5, 5.41) is 8.21. The van der Waals surface area contributed by atoms with E-state index >= 15 is 0 Å². The Morgan fingerprint density at radius 1 is 1.09 bits per heavy atom. The molecule has 0 unspecified atom stereocenters. The topological polar surface area (TPSA) is 75.3 Å². The molecule has 1 amide bonds. The first-order valence-electron chi connectivity index (χ1n) is 9.65. The van der Waals surface area contributed by atoms with Gasteiger partial charge in [0, 0.05) is 43.0 Å². The molecule has 0 bridgehead atoms. The molecule has 164 valence electrons. The lowest BCUT2D eigenvalue weighted by atomic mass is 10.1. The monoisotopic (exact) mass is 440 g/mol. The molecule has 2 aromatic carbocycles. The van der Waals surface area contributed by atoms with Gasteiger partial charge in [0.25, 0.3) is 5.91 Å². The summed E-state index contributed by atoms with van der Waals surface area (Å²) < 4.78 is 46.4. The zero-order chi connectivity index (χ0) is 22.9. The maximum absolute atomic E-state index is 13.6. The molecule has 0 radical (unpaired) electrons. The molecule has 0 atom stereocenters. The van der Waals surface area contributed by atoms with E-state index in [1.54, 1.807) is 24.3 Å². The first-order chi connectivity index (χ1) is 15.2. The van der Waals surface area contributed by atoms with E-state index in [-0.39, 0.29) is 22.8 Å². The number of fused-ring (bicyclic) bond motifs is 1. The summed E-state index contributed by atoms with van der Waals surface area (Å²) in [6, 6.07) is 12.9. The van der Waals surface area contributed by atoms with Gasteiger partial charge >= 0.3 is 6.18 Å². The quantitative estimate of drug-likeness (QED) is 0.496. The number of nitrogens with one attached hydrogen (secondary N) is 3. The maximum Gasteiger partial charge on any atom is 0.419 e. The number of para-hydroxylation sites is 1. The molecule has 1 aliphatic heterocycles. The Kier molecular flexibility index (Phi) is 5.48. The highest BCUT2D eigenvalue weighted by Crippen LogP contribution is 2.38. The summed E-state index contributed by atoms with van der Waals surface area (Å²) in [6.07, 6.45) is -3.27. The SMILES string of the molecule is C=C1Cc2ccc(Nc3cc(Nc4ccccc4C(=O)NC)c(C(F)(F)F)cn3)cc2O1. The molecule has 3 aromatic rings. The average molecular weight is 440 g/mol. The molecule has 2 heterocycles. The standard InChI is InChI=1S/C23H19F3N4O2/c1-13-9-14-7-8-15(10-20(14)32-13)29-21-11-19(17(12-28-21)23(24,25)26)30-18-6-4-3-5-16(18)22(31)27-2/h3-8,10-12H,1,9H2,2H3,(H,27,31)(H2,28,29,30). The van der Waals surface area contributed by atoms with Gasteiger partial charge in [0.2, 0.25) is 0 Å². The van der Waals surface area contributed by atoms with Gasteiger partial charge in [0.15, 0.2) is 0 Å². The van der Waals surface area contributed by atoms with Gasteiger partial charge in [0.1, 0.15) is 17.3 Å². The lowest BCUT2D eigenvalue weighted by molar-refractivity contribution is -0.137. The Morgan fingerprint density at radius 2 is 1.88 bits per heavy atom. The number of hydrogen-bond donors (Lipinski definition) is 3. The first kappa shape index (κ1) is 21.2. The Labute approximate surface area is 182 Å². The van der Waals surface area contributed by atoms with Gasteiger partial charge in [-0.1, -0.05) is 24.8 Å². The summed E-state index contributed by atoms with van der Waals surface area (Å²) in [6.45, 7) is 3.79. The number of ether oxygens (including phenoxy) is 1. The fraction of sp³-hybridized carbons (Fsp3) is 0.130. The van der Waals surface area contributed by atoms with E-state index in [0.29, 0.717) is 23.6 Å². The van der Waals surface area contributed by atoms with E-state index in [1.165, 1.54) is 25.2 Å². The van der Waals surface area contributed by atoms with Crippen LogP contribution in [0.4, 0.5) is 36.1 Å². The van der Waals surface area contributed by atoms with Crippen molar-refractivity contribution in [1.29, 1.82) is 0 Å². The molecule has 0 spiro atoms. The van der Waals surface area contributed by atoms with Crippen LogP contribution >= 0.6 is 0 Å². The van der Waals surface area contributed by atoms with Crippen molar-refractivity contribution >= 4 is 28.8 Å². The van der Waals surface area contributed by atoms with Crippen molar-refractivity contribution in [2.45, 2.75) is 12.6 Å². The predicted octanol–water partition coefficient (Wildman–Crippen LogP) is 5.40. The molecule has 3 N–H and O–H groups in total. The molecule has 6 nitrogen and oxygen atoms in total. The van der Waals surface area contributed by atoms with Crippen LogP contribution in [0.15, 0.2) is 67.1 Å². The third kappa shape index (κ3) is 4.36. The fourth-order valence-electron chi connectivity index (χ4n) is 3.35. The Bertz CT molecular complexity index is 1210. The number of benzene rings is 2. The number of pyridine rings is 1. The van der Waals surface area contributed by atoms with E-state index < -0.39 is 17.6 Å². The van der Waals surface area contributed by atoms with Crippen LogP contribution in [0.3, 0.4) is 0 Å². The van der Waals surface area contributed by atoms with Crippen LogP contribution in [0.2, 0.25) is 0 Å². The molecule has 4 rings (SSSR count). The van der Waals surface area contributed by atoms with E-state index in [1.807, 2.05) is 6.07 Å². The van der Waals surface area contributed by atoms with Crippen LogP contribution < -0.4 is 20.7 Å². The van der Waals surface area contributed by atoms with Crippen molar-refractivity contribution in [3.8, 4) is 5.75 Å². The van der Waals surface area contributed by atoms with Crippen LogP contribution in [-0.4, -0.2) is 17.9 Å². The van der Waals surface area contributed by atoms with Gasteiger partial charge in [-0.3, -0.25) is 4.79 Å². The Balaban J connectivity index is 1.68. The van der Waals surface area contributed by atoms with Gasteiger partial charge in [0.05, 0.1) is 22.5 Å². The normalized spacial score (nSPS) is 12.7. The highest BCUT2D eigenvalue weighted by atomic mass is 19.4. The molecule has 0 saturated carbocycles. The molecule has 9 heteroatoms. The van der Waals surface area contributed by atoms with Crippen molar-refractivity contribution in [1.82, 2.24) is 10.3 Å². The highest BCUT2D eigenvalue weighted by molar-refractivity contribution is 6.00. The minimum Gasteiger partial charge on any atom is -0.462 e. The molecular weight excluding hydrogens is 421 g/mol. The van der Waals surface area contributed by atoms with Gasteiger partial charge in [-0.15, -0.1) is 0 Å². The number of nitrogens with zero attached hydrogens (tertiary/aromatic N) is 1. The van der Waals surface area contributed by atoms with Gasteiger partial charge in [-0.05, 0) is 18.2 Å². The number of aromatic nitrogens is 1. The second kappa shape index (κ2) is 8.26. The lowest BCUT2D eigenvalue weighted by Gasteiger charge is -2.17. The predicted molar refractivity (Wildman–Crippen MR) is 116 cm³/mol. The van der Waals surface area contributed by atoms with Crippen LogP contribution in [0.1, 0.15) is 21.5 Å². The number of halogens is 3. The minimum absolute atomic E-state index is 0.190. The molecular formula is C23H19F3N4O2. The Hall–Kier alpha value is -4.01. The summed E-state index contributed by atoms with van der Waals surface area (Å²) >= 11 is 0. The molecule has 1 aromatic heterocycles. The second-order valence-corrected chi connectivity index (χ2v) is 7.13. The zero-order valence-corrected chi connectivity index (χ0v) is 17.0. The van der Waals surface area contributed by atoms with E-state index in [9.17, 15) is 18.0 Å². The van der Waals surface area contributed by atoms with Crippen LogP contribution in [0.5, 0.6) is 5.75 Å². The van der Waals surface area contributed by atoms with Crippen LogP contribution in [0.25, 0.3) is 0 Å². The summed E-state index contributed by atoms with van der Waals surface area (Å²) in [7, 11) is 1.45. The number of carbonyl (C=O) groups is 1. The van der Waals surface area contributed by atoms with E-state index in [2.05, 4.69) is 27.5 Å². The molecule has 0 fully saturated rings. The first-order valence-corrected chi connectivity index (χ1v) is 9.65. The van der Waals surface area contributed by atoms with Gasteiger partial charge < -0.3 is 20.7 Å². The van der Waals surface area contributed by atoms with Crippen molar-refractivity contribution in [3.05, 3.63) is 83.8 Å². The van der Waals surface area contributed by atoms with Crippen molar-refractivity contribution < 1.29 is 22.7 Å². The molecule has 0 saturated heterocycles. The number of amides is 1. The van der Waals surface area contributed by atoms with Crippen LogP contribution in [0, 0.1) is 0 Å². The summed E-state index contributed by atoms with van der Waals surface area (Å²) in [4.78, 5) is 16.0. The second-order valence-electron chi connectivity index (χ2n) is 7.13. The van der Waals surface area contributed by atoms with E-state index in [4.69, 9.17) is 4.74 Å². The van der Waals surface area contributed by atoms with Crippen molar-refractivity contribution in [3.63, 3.8) is 0 Å². The lowest BCUT2D eigenvalue weighted by Crippen LogP contribution is -2.19. The maximum atomic E-state index is 13.6. The minimum atomic E-state index is -4.64. The number of carbonyl (C=O) groups excluding carboxylic acids is 1. The number of alkyl halides is 3. The fourth-order valence-corrected chi connectivity index (χ4v) is 3.35. The largest absolute Gasteiger partial charge is 0.462 e. The molecule has 0 aliphatic carbocycles. The number of rotatable bonds is 5. The van der Waals surface area contributed by atoms with Crippen molar-refractivity contribution in [2.75, 3.05) is 17.7 Å². The molecule has 1 aliphatic rings. The van der Waals surface area contributed by atoms with Crippen LogP contribution in [-0.2, 0) is 12.6 Å². The molecule has 32 heavy (non-hydrogen) atoms.